The normalized spacial score (nSPS) is 9.87. The number of halogens is 1. The zero-order valence-electron chi connectivity index (χ0n) is 8.53. The van der Waals surface area contributed by atoms with Crippen LogP contribution in [0.25, 0.3) is 0 Å². The SMILES string of the molecule is COc1ccc(N(C)C(=O)CS)cc1F. The van der Waals surface area contributed by atoms with Gasteiger partial charge in [-0.15, -0.1) is 0 Å². The summed E-state index contributed by atoms with van der Waals surface area (Å²) in [6.07, 6.45) is 0. The van der Waals surface area contributed by atoms with E-state index in [1.165, 1.54) is 24.1 Å². The molecule has 15 heavy (non-hydrogen) atoms. The molecule has 0 aliphatic rings. The first-order valence-electron chi connectivity index (χ1n) is 4.31. The number of methoxy groups -OCH3 is 1. The standard InChI is InChI=1S/C10H12FNO2S/c1-12(10(13)6-15)7-3-4-9(14-2)8(11)5-7/h3-5,15H,6H2,1-2H3. The van der Waals surface area contributed by atoms with E-state index < -0.39 is 5.82 Å². The molecule has 0 aliphatic heterocycles. The van der Waals surface area contributed by atoms with Crippen LogP contribution < -0.4 is 9.64 Å². The maximum absolute atomic E-state index is 13.3. The number of carbonyl (C=O) groups excluding carboxylic acids is 1. The molecule has 0 aromatic heterocycles. The van der Waals surface area contributed by atoms with Gasteiger partial charge in [-0.25, -0.2) is 4.39 Å². The van der Waals surface area contributed by atoms with Gasteiger partial charge < -0.3 is 9.64 Å². The second-order valence-electron chi connectivity index (χ2n) is 2.93. The largest absolute Gasteiger partial charge is 0.494 e. The Hall–Kier alpha value is -1.23. The Bertz CT molecular complexity index is 370. The lowest BCUT2D eigenvalue weighted by atomic mass is 10.2. The van der Waals surface area contributed by atoms with Gasteiger partial charge in [-0.05, 0) is 12.1 Å². The molecule has 0 radical (unpaired) electrons. The number of ether oxygens (including phenoxy) is 1. The summed E-state index contributed by atoms with van der Waals surface area (Å²) in [7, 11) is 2.96. The van der Waals surface area contributed by atoms with Crippen molar-refractivity contribution in [2.75, 3.05) is 24.8 Å². The average Bonchev–Trinajstić information content (AvgIpc) is 2.26. The molecule has 5 heteroatoms. The molecule has 3 nitrogen and oxygen atoms in total. The second kappa shape index (κ2) is 5.02. The predicted molar refractivity (Wildman–Crippen MR) is 60.2 cm³/mol. The van der Waals surface area contributed by atoms with E-state index in [2.05, 4.69) is 12.6 Å². The first kappa shape index (κ1) is 11.8. The van der Waals surface area contributed by atoms with Crippen molar-refractivity contribution in [1.82, 2.24) is 0 Å². The first-order valence-corrected chi connectivity index (χ1v) is 4.94. The minimum atomic E-state index is -0.492. The molecule has 0 saturated carbocycles. The van der Waals surface area contributed by atoms with Crippen LogP contribution in [0.2, 0.25) is 0 Å². The van der Waals surface area contributed by atoms with Crippen LogP contribution in [0.3, 0.4) is 0 Å². The average molecular weight is 229 g/mol. The fraction of sp³-hybridized carbons (Fsp3) is 0.300. The Kier molecular flexibility index (Phi) is 3.96. The van der Waals surface area contributed by atoms with E-state index in [0.29, 0.717) is 5.69 Å². The molecule has 1 aromatic rings. The highest BCUT2D eigenvalue weighted by Crippen LogP contribution is 2.22. The van der Waals surface area contributed by atoms with Crippen molar-refractivity contribution in [2.45, 2.75) is 0 Å². The molecule has 0 N–H and O–H groups in total. The van der Waals surface area contributed by atoms with E-state index in [1.54, 1.807) is 13.1 Å². The summed E-state index contributed by atoms with van der Waals surface area (Å²) in [6, 6.07) is 4.34. The van der Waals surface area contributed by atoms with Gasteiger partial charge >= 0.3 is 0 Å². The van der Waals surface area contributed by atoms with Crippen LogP contribution in [0.15, 0.2) is 18.2 Å². The van der Waals surface area contributed by atoms with Gasteiger partial charge in [-0.2, -0.15) is 12.6 Å². The molecule has 0 atom stereocenters. The summed E-state index contributed by atoms with van der Waals surface area (Å²) in [5.41, 5.74) is 0.479. The van der Waals surface area contributed by atoms with Crippen molar-refractivity contribution < 1.29 is 13.9 Å². The maximum atomic E-state index is 13.3. The van der Waals surface area contributed by atoms with Gasteiger partial charge in [0.25, 0.3) is 0 Å². The molecule has 0 aliphatic carbocycles. The van der Waals surface area contributed by atoms with Crippen molar-refractivity contribution in [1.29, 1.82) is 0 Å². The van der Waals surface area contributed by atoms with Gasteiger partial charge in [0, 0.05) is 18.8 Å². The van der Waals surface area contributed by atoms with Gasteiger partial charge in [0.05, 0.1) is 12.9 Å². The molecule has 0 fully saturated rings. The predicted octanol–water partition coefficient (Wildman–Crippen LogP) is 1.73. The lowest BCUT2D eigenvalue weighted by Gasteiger charge is -2.16. The van der Waals surface area contributed by atoms with Crippen LogP contribution in [-0.4, -0.2) is 25.8 Å². The van der Waals surface area contributed by atoms with Crippen LogP contribution >= 0.6 is 12.6 Å². The van der Waals surface area contributed by atoms with Crippen molar-refractivity contribution in [2.24, 2.45) is 0 Å². The third kappa shape index (κ3) is 2.62. The van der Waals surface area contributed by atoms with Crippen molar-refractivity contribution >= 4 is 24.2 Å². The van der Waals surface area contributed by atoms with Crippen LogP contribution in [0.1, 0.15) is 0 Å². The van der Waals surface area contributed by atoms with Gasteiger partial charge in [-0.1, -0.05) is 0 Å². The highest BCUT2D eigenvalue weighted by atomic mass is 32.1. The van der Waals surface area contributed by atoms with Gasteiger partial charge in [0.15, 0.2) is 11.6 Å². The minimum absolute atomic E-state index is 0.0874. The second-order valence-corrected chi connectivity index (χ2v) is 3.25. The Morgan fingerprint density at radius 3 is 2.73 bits per heavy atom. The number of hydrogen-bond acceptors (Lipinski definition) is 3. The van der Waals surface area contributed by atoms with Crippen molar-refractivity contribution in [3.8, 4) is 5.75 Å². The zero-order valence-corrected chi connectivity index (χ0v) is 9.42. The molecule has 1 rings (SSSR count). The fourth-order valence-corrected chi connectivity index (χ4v) is 1.33. The number of carbonyl (C=O) groups is 1. The molecular formula is C10H12FNO2S. The highest BCUT2D eigenvalue weighted by Gasteiger charge is 2.11. The van der Waals surface area contributed by atoms with Crippen molar-refractivity contribution in [3.63, 3.8) is 0 Å². The molecule has 0 bridgehead atoms. The van der Waals surface area contributed by atoms with E-state index in [0.717, 1.165) is 0 Å². The van der Waals surface area contributed by atoms with Crippen molar-refractivity contribution in [3.05, 3.63) is 24.0 Å². The number of rotatable bonds is 3. The number of thiol groups is 1. The Labute approximate surface area is 93.2 Å². The molecule has 82 valence electrons. The summed E-state index contributed by atoms with van der Waals surface area (Å²) in [5.74, 6) is -0.438. The van der Waals surface area contributed by atoms with Gasteiger partial charge in [0.1, 0.15) is 0 Å². The molecule has 0 heterocycles. The summed E-state index contributed by atoms with van der Waals surface area (Å²) in [4.78, 5) is 12.6. The van der Waals surface area contributed by atoms with Crippen LogP contribution in [0, 0.1) is 5.82 Å². The van der Waals surface area contributed by atoms with Gasteiger partial charge in [0.2, 0.25) is 5.91 Å². The molecule has 0 spiro atoms. The summed E-state index contributed by atoms with van der Waals surface area (Å²) < 4.78 is 18.1. The zero-order chi connectivity index (χ0) is 11.4. The Morgan fingerprint density at radius 2 is 2.27 bits per heavy atom. The van der Waals surface area contributed by atoms with Crippen LogP contribution in [0.5, 0.6) is 5.75 Å². The van der Waals surface area contributed by atoms with E-state index in [4.69, 9.17) is 4.74 Å². The van der Waals surface area contributed by atoms with E-state index >= 15 is 0 Å². The quantitative estimate of drug-likeness (QED) is 0.800. The monoisotopic (exact) mass is 229 g/mol. The third-order valence-corrected chi connectivity index (χ3v) is 2.30. The summed E-state index contributed by atoms with van der Waals surface area (Å²) in [5, 5.41) is 0. The summed E-state index contributed by atoms with van der Waals surface area (Å²) in [6.45, 7) is 0. The minimum Gasteiger partial charge on any atom is -0.494 e. The molecule has 0 unspecified atom stereocenters. The molecular weight excluding hydrogens is 217 g/mol. The smallest absolute Gasteiger partial charge is 0.236 e. The topological polar surface area (TPSA) is 29.5 Å². The number of hydrogen-bond donors (Lipinski definition) is 1. The fourth-order valence-electron chi connectivity index (χ4n) is 1.11. The maximum Gasteiger partial charge on any atom is 0.236 e. The van der Waals surface area contributed by atoms with Crippen LogP contribution in [0.4, 0.5) is 10.1 Å². The lowest BCUT2D eigenvalue weighted by molar-refractivity contribution is -0.115. The number of amides is 1. The van der Waals surface area contributed by atoms with E-state index in [-0.39, 0.29) is 17.4 Å². The summed E-state index contributed by atoms with van der Waals surface area (Å²) >= 11 is 3.86. The van der Waals surface area contributed by atoms with Gasteiger partial charge in [-0.3, -0.25) is 4.79 Å². The third-order valence-electron chi connectivity index (χ3n) is 2.03. The van der Waals surface area contributed by atoms with E-state index in [1.807, 2.05) is 0 Å². The Morgan fingerprint density at radius 1 is 1.60 bits per heavy atom. The number of benzene rings is 1. The number of anilines is 1. The number of nitrogens with zero attached hydrogens (tertiary/aromatic N) is 1. The highest BCUT2D eigenvalue weighted by molar-refractivity contribution is 7.81. The molecule has 1 aromatic carbocycles. The first-order chi connectivity index (χ1) is 7.10. The Balaban J connectivity index is 2.97. The molecule has 1 amide bonds. The molecule has 0 saturated heterocycles. The van der Waals surface area contributed by atoms with Crippen LogP contribution in [-0.2, 0) is 4.79 Å². The lowest BCUT2D eigenvalue weighted by Crippen LogP contribution is -2.27. The van der Waals surface area contributed by atoms with E-state index in [9.17, 15) is 9.18 Å².